The summed E-state index contributed by atoms with van der Waals surface area (Å²) in [6.07, 6.45) is 3.81. The van der Waals surface area contributed by atoms with Gasteiger partial charge in [-0.1, -0.05) is 35.3 Å². The van der Waals surface area contributed by atoms with Crippen LogP contribution in [0.1, 0.15) is 38.6 Å². The fourth-order valence-corrected chi connectivity index (χ4v) is 4.00. The minimum absolute atomic E-state index is 0.104. The Labute approximate surface area is 195 Å². The summed E-state index contributed by atoms with van der Waals surface area (Å²) in [5.74, 6) is 0.657. The van der Waals surface area contributed by atoms with E-state index in [1.807, 2.05) is 31.4 Å². The van der Waals surface area contributed by atoms with E-state index in [2.05, 4.69) is 9.97 Å². The van der Waals surface area contributed by atoms with E-state index in [0.29, 0.717) is 53.1 Å². The van der Waals surface area contributed by atoms with Crippen LogP contribution in [0.3, 0.4) is 0 Å². The molecule has 0 atom stereocenters. The summed E-state index contributed by atoms with van der Waals surface area (Å²) in [4.78, 5) is 26.1. The van der Waals surface area contributed by atoms with Crippen molar-refractivity contribution in [3.8, 4) is 0 Å². The highest BCUT2D eigenvalue weighted by atomic mass is 35.5. The molecule has 4 rings (SSSR count). The van der Waals surface area contributed by atoms with Crippen LogP contribution in [-0.4, -0.2) is 49.2 Å². The molecule has 3 aromatic rings. The van der Waals surface area contributed by atoms with Crippen molar-refractivity contribution in [1.82, 2.24) is 24.4 Å². The zero-order valence-electron chi connectivity index (χ0n) is 18.1. The molecule has 168 valence electrons. The monoisotopic (exact) mass is 474 g/mol. The van der Waals surface area contributed by atoms with Gasteiger partial charge in [0.25, 0.3) is 0 Å². The lowest BCUT2D eigenvalue weighted by atomic mass is 10.1. The van der Waals surface area contributed by atoms with Crippen molar-refractivity contribution in [3.05, 3.63) is 57.5 Å². The highest BCUT2D eigenvalue weighted by Crippen LogP contribution is 2.27. The lowest BCUT2D eigenvalue weighted by Crippen LogP contribution is -2.39. The predicted molar refractivity (Wildman–Crippen MR) is 124 cm³/mol. The molecule has 0 fully saturated rings. The van der Waals surface area contributed by atoms with Crippen LogP contribution in [0, 0.1) is 5.41 Å². The molecule has 32 heavy (non-hydrogen) atoms. The van der Waals surface area contributed by atoms with Gasteiger partial charge in [0.05, 0.1) is 12.9 Å². The maximum atomic E-state index is 12.3. The second-order valence-corrected chi connectivity index (χ2v) is 9.43. The highest BCUT2D eigenvalue weighted by Gasteiger charge is 2.25. The van der Waals surface area contributed by atoms with Gasteiger partial charge in [-0.05, 0) is 44.9 Å². The lowest BCUT2D eigenvalue weighted by molar-refractivity contribution is 0.0270. The summed E-state index contributed by atoms with van der Waals surface area (Å²) >= 11 is 12.7. The number of aromatic nitrogens is 4. The SMILES string of the molecule is CC(C)(C)OC(=O)N1CC=C(c2nc3c([nH]2)c(=N)ncn3Cc2c(Cl)cccc2Cl)CC1. The van der Waals surface area contributed by atoms with Crippen LogP contribution in [-0.2, 0) is 11.3 Å². The molecule has 1 aliphatic heterocycles. The third kappa shape index (κ3) is 4.66. The molecular weight excluding hydrogens is 451 g/mol. The van der Waals surface area contributed by atoms with E-state index < -0.39 is 5.60 Å². The number of rotatable bonds is 3. The smallest absolute Gasteiger partial charge is 0.410 e. The summed E-state index contributed by atoms with van der Waals surface area (Å²) in [7, 11) is 0. The van der Waals surface area contributed by atoms with Gasteiger partial charge >= 0.3 is 6.09 Å². The highest BCUT2D eigenvalue weighted by molar-refractivity contribution is 6.36. The Hall–Kier alpha value is -2.84. The second kappa shape index (κ2) is 8.60. The van der Waals surface area contributed by atoms with Crippen molar-refractivity contribution in [2.24, 2.45) is 0 Å². The molecule has 0 unspecified atom stereocenters. The zero-order valence-corrected chi connectivity index (χ0v) is 19.6. The topological polar surface area (TPSA) is 99.9 Å². The number of halogens is 2. The number of benzene rings is 1. The van der Waals surface area contributed by atoms with Gasteiger partial charge in [0, 0.05) is 28.7 Å². The fourth-order valence-electron chi connectivity index (χ4n) is 3.48. The van der Waals surface area contributed by atoms with Crippen molar-refractivity contribution in [2.75, 3.05) is 13.1 Å². The van der Waals surface area contributed by atoms with Crippen molar-refractivity contribution >= 4 is 46.0 Å². The van der Waals surface area contributed by atoms with Gasteiger partial charge in [-0.15, -0.1) is 0 Å². The number of carbonyl (C=O) groups is 1. The third-order valence-corrected chi connectivity index (χ3v) is 5.78. The second-order valence-electron chi connectivity index (χ2n) is 8.61. The van der Waals surface area contributed by atoms with Gasteiger partial charge in [0.2, 0.25) is 0 Å². The number of ether oxygens (including phenoxy) is 1. The Bertz CT molecular complexity index is 1250. The molecule has 1 aromatic carbocycles. The summed E-state index contributed by atoms with van der Waals surface area (Å²) in [5, 5.41) is 9.30. The standard InChI is InChI=1S/C22H24Cl2N6O2/c1-22(2,3)32-21(31)29-9-7-13(8-10-29)19-27-17-18(25)26-12-30(20(17)28-19)11-14-15(23)5-4-6-16(14)24/h4-7,12,25H,8-11H2,1-3H3,(H,27,28). The summed E-state index contributed by atoms with van der Waals surface area (Å²) < 4.78 is 7.27. The number of imidazole rings is 1. The average Bonchev–Trinajstić information content (AvgIpc) is 3.18. The largest absolute Gasteiger partial charge is 0.444 e. The molecule has 3 heterocycles. The molecule has 8 nitrogen and oxygen atoms in total. The Morgan fingerprint density at radius 2 is 2.00 bits per heavy atom. The van der Waals surface area contributed by atoms with E-state index in [4.69, 9.17) is 38.3 Å². The molecule has 2 aromatic heterocycles. The van der Waals surface area contributed by atoms with E-state index in [0.717, 1.165) is 11.1 Å². The van der Waals surface area contributed by atoms with Crippen LogP contribution < -0.4 is 5.49 Å². The number of hydrogen-bond acceptors (Lipinski definition) is 5. The molecule has 0 bridgehead atoms. The molecule has 0 spiro atoms. The van der Waals surface area contributed by atoms with E-state index in [9.17, 15) is 4.79 Å². The molecule has 0 aliphatic carbocycles. The summed E-state index contributed by atoms with van der Waals surface area (Å²) in [5.41, 5.74) is 2.42. The number of amides is 1. The van der Waals surface area contributed by atoms with Crippen LogP contribution in [0.4, 0.5) is 4.79 Å². The van der Waals surface area contributed by atoms with Crippen LogP contribution in [0.5, 0.6) is 0 Å². The molecule has 0 radical (unpaired) electrons. The number of H-pyrrole nitrogens is 1. The summed E-state index contributed by atoms with van der Waals surface area (Å²) in [6.45, 7) is 6.88. The van der Waals surface area contributed by atoms with Crippen LogP contribution >= 0.6 is 23.2 Å². The molecular formula is C22H24Cl2N6O2. The average molecular weight is 475 g/mol. The number of nitrogens with zero attached hydrogens (tertiary/aromatic N) is 4. The third-order valence-electron chi connectivity index (χ3n) is 5.07. The Morgan fingerprint density at radius 1 is 1.28 bits per heavy atom. The van der Waals surface area contributed by atoms with Crippen molar-refractivity contribution < 1.29 is 9.53 Å². The summed E-state index contributed by atoms with van der Waals surface area (Å²) in [6, 6.07) is 5.36. The first-order valence-electron chi connectivity index (χ1n) is 10.2. The first-order valence-corrected chi connectivity index (χ1v) is 11.0. The quantitative estimate of drug-likeness (QED) is 0.578. The maximum Gasteiger partial charge on any atom is 0.410 e. The van der Waals surface area contributed by atoms with Crippen molar-refractivity contribution in [2.45, 2.75) is 39.3 Å². The lowest BCUT2D eigenvalue weighted by Gasteiger charge is -2.29. The molecule has 0 saturated heterocycles. The van der Waals surface area contributed by atoms with Crippen LogP contribution in [0.2, 0.25) is 10.0 Å². The first kappa shape index (κ1) is 22.4. The van der Waals surface area contributed by atoms with Crippen LogP contribution in [0.15, 0.2) is 30.6 Å². The minimum Gasteiger partial charge on any atom is -0.444 e. The minimum atomic E-state index is -0.532. The van der Waals surface area contributed by atoms with Gasteiger partial charge in [-0.3, -0.25) is 5.41 Å². The van der Waals surface area contributed by atoms with Gasteiger partial charge in [0.15, 0.2) is 11.1 Å². The van der Waals surface area contributed by atoms with Gasteiger partial charge in [-0.25, -0.2) is 14.8 Å². The van der Waals surface area contributed by atoms with E-state index >= 15 is 0 Å². The van der Waals surface area contributed by atoms with E-state index in [1.54, 1.807) is 29.4 Å². The van der Waals surface area contributed by atoms with Gasteiger partial charge < -0.3 is 19.2 Å². The van der Waals surface area contributed by atoms with E-state index in [1.165, 1.54) is 0 Å². The number of hydrogen-bond donors (Lipinski definition) is 2. The predicted octanol–water partition coefficient (Wildman–Crippen LogP) is 4.62. The van der Waals surface area contributed by atoms with Gasteiger partial charge in [-0.2, -0.15) is 0 Å². The van der Waals surface area contributed by atoms with E-state index in [-0.39, 0.29) is 11.6 Å². The molecule has 1 aliphatic rings. The molecule has 0 saturated carbocycles. The van der Waals surface area contributed by atoms with Gasteiger partial charge in [0.1, 0.15) is 16.9 Å². The number of nitrogens with one attached hydrogen (secondary N) is 2. The number of fused-ring (bicyclic) bond motifs is 1. The normalized spacial score (nSPS) is 14.5. The molecule has 10 heteroatoms. The number of aromatic amines is 1. The maximum absolute atomic E-state index is 12.3. The fraction of sp³-hybridized carbons (Fsp3) is 0.364. The van der Waals surface area contributed by atoms with Crippen molar-refractivity contribution in [1.29, 1.82) is 5.41 Å². The van der Waals surface area contributed by atoms with Crippen LogP contribution in [0.25, 0.3) is 16.7 Å². The Kier molecular flexibility index (Phi) is 6.01. The molecule has 2 N–H and O–H groups in total. The molecule has 1 amide bonds. The number of carbonyl (C=O) groups excluding carboxylic acids is 1. The van der Waals surface area contributed by atoms with Crippen molar-refractivity contribution in [3.63, 3.8) is 0 Å². The zero-order chi connectivity index (χ0) is 23.0. The first-order chi connectivity index (χ1) is 15.1. The Balaban J connectivity index is 1.62. The Morgan fingerprint density at radius 3 is 2.62 bits per heavy atom.